The Morgan fingerprint density at radius 3 is 2.73 bits per heavy atom. The molecule has 2 aromatic carbocycles. The largest absolute Gasteiger partial charge is 0.337 e. The molecule has 0 bridgehead atoms. The predicted octanol–water partition coefficient (Wildman–Crippen LogP) is 3.19. The van der Waals surface area contributed by atoms with E-state index >= 15 is 0 Å². The molecule has 0 spiro atoms. The van der Waals surface area contributed by atoms with Crippen LogP contribution in [0.3, 0.4) is 0 Å². The molecule has 1 fully saturated rings. The maximum absolute atomic E-state index is 13.0. The summed E-state index contributed by atoms with van der Waals surface area (Å²) < 4.78 is 5.34. The summed E-state index contributed by atoms with van der Waals surface area (Å²) in [6.45, 7) is 2.02. The van der Waals surface area contributed by atoms with Gasteiger partial charge in [0.2, 0.25) is 11.7 Å². The zero-order valence-corrected chi connectivity index (χ0v) is 16.5. The number of hydrogen-bond donors (Lipinski definition) is 0. The monoisotopic (exact) mass is 422 g/mol. The van der Waals surface area contributed by atoms with Crippen molar-refractivity contribution in [3.05, 3.63) is 65.0 Å². The maximum atomic E-state index is 13.0. The first kappa shape index (κ1) is 18.4. The Bertz CT molecular complexity index is 1190. The first-order valence-corrected chi connectivity index (χ1v) is 9.60. The number of fused-ring (bicyclic) bond motifs is 1. The molecule has 0 aliphatic carbocycles. The molecule has 2 aliphatic rings. The van der Waals surface area contributed by atoms with Crippen LogP contribution < -0.4 is 4.90 Å². The number of carbonyl (C=O) groups excluding carboxylic acids is 2. The fourth-order valence-corrected chi connectivity index (χ4v) is 3.80. The number of amides is 2. The molecule has 150 valence electrons. The SMILES string of the molecule is Cc1ccccc1-c1noc(CN2N=N[C@@H]3C(=O)N(c4cccc(Cl)c4)C(=O)[C@H]32)n1. The van der Waals surface area contributed by atoms with Crippen LogP contribution in [0.4, 0.5) is 5.69 Å². The fourth-order valence-electron chi connectivity index (χ4n) is 3.61. The van der Waals surface area contributed by atoms with Crippen LogP contribution in [0.25, 0.3) is 11.4 Å². The van der Waals surface area contributed by atoms with Crippen LogP contribution >= 0.6 is 11.6 Å². The molecule has 3 aromatic rings. The van der Waals surface area contributed by atoms with Crippen molar-refractivity contribution in [1.82, 2.24) is 15.1 Å². The zero-order valence-electron chi connectivity index (χ0n) is 15.8. The van der Waals surface area contributed by atoms with Gasteiger partial charge in [0.05, 0.1) is 5.69 Å². The number of aryl methyl sites for hydroxylation is 1. The third-order valence-electron chi connectivity index (χ3n) is 5.08. The minimum atomic E-state index is -0.907. The lowest BCUT2D eigenvalue weighted by atomic mass is 10.1. The number of anilines is 1. The summed E-state index contributed by atoms with van der Waals surface area (Å²) in [5, 5.41) is 13.9. The highest BCUT2D eigenvalue weighted by atomic mass is 35.5. The molecule has 2 amide bonds. The second-order valence-corrected chi connectivity index (χ2v) is 7.45. The molecular weight excluding hydrogens is 408 g/mol. The Morgan fingerprint density at radius 2 is 1.93 bits per heavy atom. The van der Waals surface area contributed by atoms with E-state index in [0.717, 1.165) is 16.0 Å². The van der Waals surface area contributed by atoms with Crippen molar-refractivity contribution in [2.24, 2.45) is 10.3 Å². The van der Waals surface area contributed by atoms with Crippen molar-refractivity contribution in [3.8, 4) is 11.4 Å². The Balaban J connectivity index is 1.38. The molecule has 3 heterocycles. The van der Waals surface area contributed by atoms with Crippen LogP contribution in [0.2, 0.25) is 5.02 Å². The average molecular weight is 423 g/mol. The van der Waals surface area contributed by atoms with Crippen molar-refractivity contribution in [2.75, 3.05) is 4.90 Å². The van der Waals surface area contributed by atoms with E-state index in [0.29, 0.717) is 16.5 Å². The van der Waals surface area contributed by atoms with Gasteiger partial charge < -0.3 is 4.52 Å². The van der Waals surface area contributed by atoms with Crippen LogP contribution in [0.15, 0.2) is 63.4 Å². The summed E-state index contributed by atoms with van der Waals surface area (Å²) in [6.07, 6.45) is 0. The van der Waals surface area contributed by atoms with Gasteiger partial charge in [-0.05, 0) is 30.7 Å². The van der Waals surface area contributed by atoms with Gasteiger partial charge in [0.25, 0.3) is 11.8 Å². The van der Waals surface area contributed by atoms with E-state index in [2.05, 4.69) is 20.5 Å². The number of aromatic nitrogens is 2. The van der Waals surface area contributed by atoms with Gasteiger partial charge in [-0.3, -0.25) is 14.6 Å². The Hall–Kier alpha value is -3.59. The summed E-state index contributed by atoms with van der Waals surface area (Å²) in [6, 6.07) is 12.5. The summed E-state index contributed by atoms with van der Waals surface area (Å²) in [5.74, 6) is -0.139. The van der Waals surface area contributed by atoms with E-state index in [4.69, 9.17) is 16.1 Å². The van der Waals surface area contributed by atoms with Crippen molar-refractivity contribution in [2.45, 2.75) is 25.6 Å². The van der Waals surface area contributed by atoms with Crippen LogP contribution in [0.5, 0.6) is 0 Å². The van der Waals surface area contributed by atoms with Crippen molar-refractivity contribution in [3.63, 3.8) is 0 Å². The highest BCUT2D eigenvalue weighted by molar-refractivity contribution is 6.31. The van der Waals surface area contributed by atoms with Crippen molar-refractivity contribution >= 4 is 29.1 Å². The van der Waals surface area contributed by atoms with Gasteiger partial charge >= 0.3 is 0 Å². The molecule has 10 heteroatoms. The van der Waals surface area contributed by atoms with Crippen LogP contribution in [-0.2, 0) is 16.1 Å². The molecule has 30 heavy (non-hydrogen) atoms. The average Bonchev–Trinajstić information content (AvgIpc) is 3.41. The lowest BCUT2D eigenvalue weighted by molar-refractivity contribution is -0.123. The van der Waals surface area contributed by atoms with E-state index in [-0.39, 0.29) is 12.4 Å². The Kier molecular flexibility index (Phi) is 4.32. The third-order valence-corrected chi connectivity index (χ3v) is 5.31. The minimum Gasteiger partial charge on any atom is -0.337 e. The Labute approximate surface area is 175 Å². The Morgan fingerprint density at radius 1 is 1.10 bits per heavy atom. The lowest BCUT2D eigenvalue weighted by Gasteiger charge is -2.19. The summed E-state index contributed by atoms with van der Waals surface area (Å²) in [4.78, 5) is 31.3. The quantitative estimate of drug-likeness (QED) is 0.598. The summed E-state index contributed by atoms with van der Waals surface area (Å²) >= 11 is 6.01. The van der Waals surface area contributed by atoms with Crippen molar-refractivity contribution in [1.29, 1.82) is 0 Å². The molecule has 0 unspecified atom stereocenters. The van der Waals surface area contributed by atoms with E-state index in [9.17, 15) is 9.59 Å². The molecule has 2 atom stereocenters. The topological polar surface area (TPSA) is 104 Å². The highest BCUT2D eigenvalue weighted by Gasteiger charge is 2.55. The number of benzene rings is 2. The standard InChI is InChI=1S/C20H15ClN6O3/c1-11-5-2-3-8-14(11)18-22-15(30-24-18)10-26-17-16(23-25-26)19(28)27(20(17)29)13-7-4-6-12(21)9-13/h2-9,16-17H,10H2,1H3/t16-,17-/m0/s1. The highest BCUT2D eigenvalue weighted by Crippen LogP contribution is 2.33. The van der Waals surface area contributed by atoms with Crippen molar-refractivity contribution < 1.29 is 14.1 Å². The van der Waals surface area contributed by atoms with Gasteiger partial charge in [-0.25, -0.2) is 4.90 Å². The molecule has 0 N–H and O–H groups in total. The van der Waals surface area contributed by atoms with E-state index in [1.54, 1.807) is 24.3 Å². The number of hydrogen-bond acceptors (Lipinski definition) is 8. The van der Waals surface area contributed by atoms with Gasteiger partial charge in [-0.2, -0.15) is 10.1 Å². The molecular formula is C20H15ClN6O3. The van der Waals surface area contributed by atoms with Gasteiger partial charge in [-0.15, -0.1) is 0 Å². The fraction of sp³-hybridized carbons (Fsp3) is 0.200. The number of carbonyl (C=O) groups is 2. The summed E-state index contributed by atoms with van der Waals surface area (Å²) in [5.41, 5.74) is 2.27. The number of halogens is 1. The van der Waals surface area contributed by atoms with E-state index < -0.39 is 23.9 Å². The minimum absolute atomic E-state index is 0.0615. The molecule has 5 rings (SSSR count). The van der Waals surface area contributed by atoms with Gasteiger partial charge in [0.1, 0.15) is 6.54 Å². The second-order valence-electron chi connectivity index (χ2n) is 7.01. The number of rotatable bonds is 4. The molecule has 2 aliphatic heterocycles. The second kappa shape index (κ2) is 7.03. The van der Waals surface area contributed by atoms with E-state index in [1.165, 1.54) is 5.01 Å². The number of nitrogens with zero attached hydrogens (tertiary/aromatic N) is 6. The molecule has 1 saturated heterocycles. The summed E-state index contributed by atoms with van der Waals surface area (Å²) in [7, 11) is 0. The molecule has 9 nitrogen and oxygen atoms in total. The lowest BCUT2D eigenvalue weighted by Crippen LogP contribution is -2.39. The first-order valence-electron chi connectivity index (χ1n) is 9.22. The normalized spacial score (nSPS) is 20.3. The molecule has 0 saturated carbocycles. The van der Waals surface area contributed by atoms with Crippen LogP contribution in [-0.4, -0.2) is 39.0 Å². The zero-order chi connectivity index (χ0) is 20.8. The predicted molar refractivity (Wildman–Crippen MR) is 106 cm³/mol. The van der Waals surface area contributed by atoms with Gasteiger partial charge in [0.15, 0.2) is 12.1 Å². The van der Waals surface area contributed by atoms with Crippen LogP contribution in [0, 0.1) is 6.92 Å². The molecule has 1 aromatic heterocycles. The van der Waals surface area contributed by atoms with Crippen LogP contribution in [0.1, 0.15) is 11.5 Å². The third kappa shape index (κ3) is 2.94. The first-order chi connectivity index (χ1) is 14.5. The van der Waals surface area contributed by atoms with E-state index in [1.807, 2.05) is 31.2 Å². The maximum Gasteiger partial charge on any atom is 0.263 e. The van der Waals surface area contributed by atoms with Gasteiger partial charge in [0, 0.05) is 10.6 Å². The molecule has 0 radical (unpaired) electrons. The smallest absolute Gasteiger partial charge is 0.263 e. The number of imide groups is 1. The van der Waals surface area contributed by atoms with Gasteiger partial charge in [-0.1, -0.05) is 52.3 Å².